The molecule has 2 unspecified atom stereocenters. The normalized spacial score (nSPS) is 25.6. The first-order valence-electron chi connectivity index (χ1n) is 8.80. The van der Waals surface area contributed by atoms with Crippen molar-refractivity contribution in [1.29, 1.82) is 0 Å². The maximum atomic E-state index is 12.5. The first kappa shape index (κ1) is 16.3. The van der Waals surface area contributed by atoms with Crippen LogP contribution in [0.4, 0.5) is 11.4 Å². The van der Waals surface area contributed by atoms with Crippen molar-refractivity contribution in [3.05, 3.63) is 24.3 Å². The van der Waals surface area contributed by atoms with Crippen molar-refractivity contribution in [3.8, 4) is 0 Å². The van der Waals surface area contributed by atoms with E-state index in [-0.39, 0.29) is 17.9 Å². The van der Waals surface area contributed by atoms with E-state index in [1.165, 1.54) is 0 Å². The van der Waals surface area contributed by atoms with Crippen LogP contribution < -0.4 is 16.0 Å². The Balaban J connectivity index is 1.67. The molecule has 126 valence electrons. The van der Waals surface area contributed by atoms with Crippen LogP contribution in [0.5, 0.6) is 0 Å². The number of hydrogen-bond donors (Lipinski definition) is 2. The molecule has 1 aromatic carbocycles. The van der Waals surface area contributed by atoms with Gasteiger partial charge in [-0.1, -0.05) is 19.1 Å². The Morgan fingerprint density at radius 1 is 1.22 bits per heavy atom. The third-order valence-corrected chi connectivity index (χ3v) is 5.17. The quantitative estimate of drug-likeness (QED) is 0.890. The highest BCUT2D eigenvalue weighted by Crippen LogP contribution is 2.30. The number of carbonyl (C=O) groups is 1. The maximum Gasteiger partial charge on any atom is 0.227 e. The van der Waals surface area contributed by atoms with Gasteiger partial charge in [0.15, 0.2) is 0 Å². The number of benzene rings is 1. The Hall–Kier alpha value is -1.59. The molecule has 2 fully saturated rings. The topological polar surface area (TPSA) is 61.6 Å². The number of hydrogen-bond acceptors (Lipinski definition) is 4. The second kappa shape index (κ2) is 7.32. The van der Waals surface area contributed by atoms with Crippen LogP contribution in [0, 0.1) is 5.92 Å². The molecule has 0 spiro atoms. The van der Waals surface area contributed by atoms with E-state index in [1.54, 1.807) is 0 Å². The molecule has 2 atom stereocenters. The molecule has 1 heterocycles. The Morgan fingerprint density at radius 2 is 1.96 bits per heavy atom. The lowest BCUT2D eigenvalue weighted by Gasteiger charge is -2.36. The molecule has 5 nitrogen and oxygen atoms in total. The van der Waals surface area contributed by atoms with Crippen LogP contribution in [0.25, 0.3) is 0 Å². The molecule has 3 rings (SSSR count). The number of nitrogens with zero attached hydrogens (tertiary/aromatic N) is 2. The number of nitrogens with two attached hydrogens (primary N) is 1. The van der Waals surface area contributed by atoms with Crippen LogP contribution in [-0.2, 0) is 4.79 Å². The monoisotopic (exact) mass is 316 g/mol. The zero-order valence-corrected chi connectivity index (χ0v) is 14.0. The Labute approximate surface area is 138 Å². The van der Waals surface area contributed by atoms with Crippen molar-refractivity contribution < 1.29 is 4.79 Å². The molecule has 5 heteroatoms. The second-order valence-electron chi connectivity index (χ2n) is 6.70. The fourth-order valence-electron chi connectivity index (χ4n) is 3.65. The highest BCUT2D eigenvalue weighted by Gasteiger charge is 2.28. The van der Waals surface area contributed by atoms with E-state index in [9.17, 15) is 4.79 Å². The van der Waals surface area contributed by atoms with E-state index in [2.05, 4.69) is 28.1 Å². The molecule has 2 aliphatic rings. The molecular weight excluding hydrogens is 288 g/mol. The maximum absolute atomic E-state index is 12.5. The van der Waals surface area contributed by atoms with Crippen LogP contribution in [0.3, 0.4) is 0 Å². The molecule has 1 amide bonds. The van der Waals surface area contributed by atoms with E-state index < -0.39 is 0 Å². The van der Waals surface area contributed by atoms with Gasteiger partial charge >= 0.3 is 0 Å². The van der Waals surface area contributed by atoms with Gasteiger partial charge in [-0.25, -0.2) is 0 Å². The van der Waals surface area contributed by atoms with Crippen molar-refractivity contribution in [1.82, 2.24) is 4.90 Å². The largest absolute Gasteiger partial charge is 0.367 e. The van der Waals surface area contributed by atoms with Gasteiger partial charge in [-0.3, -0.25) is 4.79 Å². The zero-order chi connectivity index (χ0) is 16.2. The van der Waals surface area contributed by atoms with Crippen LogP contribution >= 0.6 is 0 Å². The third kappa shape index (κ3) is 3.85. The van der Waals surface area contributed by atoms with Gasteiger partial charge in [-0.2, -0.15) is 0 Å². The second-order valence-corrected chi connectivity index (χ2v) is 6.70. The van der Waals surface area contributed by atoms with Crippen molar-refractivity contribution in [3.63, 3.8) is 0 Å². The minimum Gasteiger partial charge on any atom is -0.367 e. The van der Waals surface area contributed by atoms with Crippen LogP contribution in [0.1, 0.15) is 26.2 Å². The number of nitrogens with one attached hydrogen (secondary N) is 1. The van der Waals surface area contributed by atoms with Gasteiger partial charge in [-0.05, 0) is 37.9 Å². The number of likely N-dealkylation sites (N-methyl/N-ethyl adjacent to an activating group) is 1. The summed E-state index contributed by atoms with van der Waals surface area (Å²) >= 11 is 0. The molecule has 0 radical (unpaired) electrons. The van der Waals surface area contributed by atoms with Crippen LogP contribution in [-0.4, -0.2) is 49.6 Å². The van der Waals surface area contributed by atoms with Crippen molar-refractivity contribution >= 4 is 17.3 Å². The molecular formula is C18H28N4O. The zero-order valence-electron chi connectivity index (χ0n) is 14.0. The molecule has 1 aromatic rings. The molecule has 1 saturated carbocycles. The summed E-state index contributed by atoms with van der Waals surface area (Å²) in [6.07, 6.45) is 2.67. The summed E-state index contributed by atoms with van der Waals surface area (Å²) in [6.45, 7) is 7.49. The summed E-state index contributed by atoms with van der Waals surface area (Å²) < 4.78 is 0. The number of rotatable bonds is 4. The lowest BCUT2D eigenvalue weighted by atomic mass is 10.1. The van der Waals surface area contributed by atoms with Gasteiger partial charge in [0, 0.05) is 38.1 Å². The number of amides is 1. The van der Waals surface area contributed by atoms with Crippen molar-refractivity contribution in [2.75, 3.05) is 42.9 Å². The predicted octanol–water partition coefficient (Wildman–Crippen LogP) is 1.89. The molecule has 3 N–H and O–H groups in total. The minimum atomic E-state index is 0.0648. The fourth-order valence-corrected chi connectivity index (χ4v) is 3.65. The first-order valence-corrected chi connectivity index (χ1v) is 8.80. The molecule has 1 aliphatic carbocycles. The number of anilines is 2. The van der Waals surface area contributed by atoms with Crippen molar-refractivity contribution in [2.24, 2.45) is 11.7 Å². The lowest BCUT2D eigenvalue weighted by Crippen LogP contribution is -2.46. The van der Waals surface area contributed by atoms with Crippen LogP contribution in [0.15, 0.2) is 24.3 Å². The summed E-state index contributed by atoms with van der Waals surface area (Å²) in [6, 6.07) is 8.33. The Morgan fingerprint density at radius 3 is 2.61 bits per heavy atom. The lowest BCUT2D eigenvalue weighted by molar-refractivity contribution is -0.119. The van der Waals surface area contributed by atoms with E-state index in [1.807, 2.05) is 18.2 Å². The van der Waals surface area contributed by atoms with E-state index in [0.29, 0.717) is 0 Å². The van der Waals surface area contributed by atoms with E-state index >= 15 is 0 Å². The summed E-state index contributed by atoms with van der Waals surface area (Å²) in [5.74, 6) is 0.188. The van der Waals surface area contributed by atoms with Gasteiger partial charge in [0.25, 0.3) is 0 Å². The highest BCUT2D eigenvalue weighted by atomic mass is 16.1. The number of carbonyl (C=O) groups excluding carboxylic acids is 1. The summed E-state index contributed by atoms with van der Waals surface area (Å²) in [7, 11) is 0. The van der Waals surface area contributed by atoms with Crippen molar-refractivity contribution in [2.45, 2.75) is 32.2 Å². The third-order valence-electron chi connectivity index (χ3n) is 5.17. The van der Waals surface area contributed by atoms with Gasteiger partial charge < -0.3 is 20.9 Å². The highest BCUT2D eigenvalue weighted by molar-refractivity contribution is 5.96. The van der Waals surface area contributed by atoms with E-state index in [0.717, 1.165) is 63.4 Å². The van der Waals surface area contributed by atoms with Gasteiger partial charge in [-0.15, -0.1) is 0 Å². The Bertz CT molecular complexity index is 540. The average Bonchev–Trinajstić information content (AvgIpc) is 3.02. The smallest absolute Gasteiger partial charge is 0.227 e. The summed E-state index contributed by atoms with van der Waals surface area (Å²) in [5.41, 5.74) is 8.01. The summed E-state index contributed by atoms with van der Waals surface area (Å²) in [5, 5.41) is 3.15. The molecule has 1 saturated heterocycles. The van der Waals surface area contributed by atoms with Gasteiger partial charge in [0.05, 0.1) is 11.4 Å². The number of piperazine rings is 1. The Kier molecular flexibility index (Phi) is 5.18. The minimum absolute atomic E-state index is 0.0648. The molecule has 23 heavy (non-hydrogen) atoms. The average molecular weight is 316 g/mol. The van der Waals surface area contributed by atoms with Crippen LogP contribution in [0.2, 0.25) is 0 Å². The SMILES string of the molecule is CCN1CCN(c2ccccc2NC(=O)C2CCC(N)C2)CC1. The molecule has 1 aliphatic heterocycles. The molecule has 0 aromatic heterocycles. The molecule has 0 bridgehead atoms. The first-order chi connectivity index (χ1) is 11.2. The van der Waals surface area contributed by atoms with Gasteiger partial charge in [0.1, 0.15) is 0 Å². The predicted molar refractivity (Wildman–Crippen MR) is 94.7 cm³/mol. The van der Waals surface area contributed by atoms with E-state index in [4.69, 9.17) is 5.73 Å². The summed E-state index contributed by atoms with van der Waals surface area (Å²) in [4.78, 5) is 17.3. The standard InChI is InChI=1S/C18H28N4O/c1-2-21-9-11-22(12-10-21)17-6-4-3-5-16(17)20-18(23)14-7-8-15(19)13-14/h3-6,14-15H,2,7-13,19H2,1H3,(H,20,23). The van der Waals surface area contributed by atoms with Gasteiger partial charge in [0.2, 0.25) is 5.91 Å². The fraction of sp³-hybridized carbons (Fsp3) is 0.611. The number of para-hydroxylation sites is 2.